The summed E-state index contributed by atoms with van der Waals surface area (Å²) in [6.07, 6.45) is 3.53. The van der Waals surface area contributed by atoms with E-state index in [2.05, 4.69) is 10.3 Å². The fourth-order valence-corrected chi connectivity index (χ4v) is 2.26. The summed E-state index contributed by atoms with van der Waals surface area (Å²) in [6.45, 7) is 7.09. The van der Waals surface area contributed by atoms with E-state index in [4.69, 9.17) is 0 Å². The van der Waals surface area contributed by atoms with Crippen molar-refractivity contribution in [1.29, 1.82) is 0 Å². The average Bonchev–Trinajstić information content (AvgIpc) is 2.52. The van der Waals surface area contributed by atoms with Crippen LogP contribution in [0.3, 0.4) is 0 Å². The van der Waals surface area contributed by atoms with Crippen molar-refractivity contribution in [3.8, 4) is 0 Å². The Morgan fingerprint density at radius 3 is 2.48 bits per heavy atom. The summed E-state index contributed by atoms with van der Waals surface area (Å²) in [6, 6.07) is 9.39. The lowest BCUT2D eigenvalue weighted by molar-refractivity contribution is 0.612. The number of benzene rings is 1. The summed E-state index contributed by atoms with van der Waals surface area (Å²) in [7, 11) is 0. The molecular formula is C17H22FN3. The summed E-state index contributed by atoms with van der Waals surface area (Å²) in [5.41, 5.74) is 2.75. The molecule has 1 aromatic heterocycles. The molecule has 0 aliphatic carbocycles. The van der Waals surface area contributed by atoms with E-state index in [0.717, 1.165) is 24.2 Å². The molecule has 0 fully saturated rings. The molecule has 0 aliphatic heterocycles. The lowest BCUT2D eigenvalue weighted by Crippen LogP contribution is -2.23. The second kappa shape index (κ2) is 7.74. The Balaban J connectivity index is 2.14. The zero-order valence-corrected chi connectivity index (χ0v) is 12.6. The summed E-state index contributed by atoms with van der Waals surface area (Å²) in [5.74, 6) is -0.165. The van der Waals surface area contributed by atoms with Crippen LogP contribution in [0, 0.1) is 5.82 Å². The van der Waals surface area contributed by atoms with Gasteiger partial charge in [0.1, 0.15) is 5.82 Å². The first-order valence-corrected chi connectivity index (χ1v) is 7.37. The summed E-state index contributed by atoms with van der Waals surface area (Å²) >= 11 is 0. The molecule has 0 bridgehead atoms. The van der Waals surface area contributed by atoms with Crippen molar-refractivity contribution in [3.63, 3.8) is 0 Å². The van der Waals surface area contributed by atoms with E-state index in [-0.39, 0.29) is 5.82 Å². The molecule has 1 aromatic carbocycles. The second-order valence-electron chi connectivity index (χ2n) is 4.94. The molecule has 1 heterocycles. The van der Waals surface area contributed by atoms with E-state index < -0.39 is 0 Å². The molecule has 0 saturated heterocycles. The topological polar surface area (TPSA) is 28.2 Å². The first-order chi connectivity index (χ1) is 10.2. The number of nitrogens with one attached hydrogen (secondary N) is 1. The molecule has 0 atom stereocenters. The van der Waals surface area contributed by atoms with Gasteiger partial charge in [0.2, 0.25) is 0 Å². The zero-order chi connectivity index (χ0) is 15.1. The number of halogens is 1. The normalized spacial score (nSPS) is 10.6. The van der Waals surface area contributed by atoms with Gasteiger partial charge in [0.25, 0.3) is 0 Å². The number of nitrogens with zero attached hydrogens (tertiary/aromatic N) is 2. The molecule has 0 amide bonds. The van der Waals surface area contributed by atoms with Gasteiger partial charge in [-0.1, -0.05) is 13.0 Å². The molecule has 1 N–H and O–H groups in total. The van der Waals surface area contributed by atoms with E-state index in [1.165, 1.54) is 0 Å². The molecule has 0 spiro atoms. The first-order valence-electron chi connectivity index (χ1n) is 7.37. The van der Waals surface area contributed by atoms with Crippen molar-refractivity contribution in [1.82, 2.24) is 10.3 Å². The van der Waals surface area contributed by atoms with Crippen molar-refractivity contribution >= 4 is 5.69 Å². The van der Waals surface area contributed by atoms with Gasteiger partial charge in [0, 0.05) is 32.0 Å². The molecule has 2 rings (SSSR count). The van der Waals surface area contributed by atoms with Crippen LogP contribution in [0.1, 0.15) is 25.0 Å². The molecule has 2 aromatic rings. The van der Waals surface area contributed by atoms with Crippen LogP contribution in [0.25, 0.3) is 0 Å². The zero-order valence-electron chi connectivity index (χ0n) is 12.6. The molecule has 21 heavy (non-hydrogen) atoms. The van der Waals surface area contributed by atoms with Gasteiger partial charge in [0.05, 0.1) is 5.69 Å². The van der Waals surface area contributed by atoms with Crippen LogP contribution in [-0.2, 0) is 13.1 Å². The van der Waals surface area contributed by atoms with E-state index in [1.54, 1.807) is 18.5 Å². The van der Waals surface area contributed by atoms with Crippen molar-refractivity contribution in [2.24, 2.45) is 0 Å². The van der Waals surface area contributed by atoms with E-state index >= 15 is 0 Å². The Morgan fingerprint density at radius 2 is 1.86 bits per heavy atom. The lowest BCUT2D eigenvalue weighted by atomic mass is 10.1. The SMILES string of the molecule is CCNCc1ccc(N(CC)Cc2ccncc2)c(F)c1. The maximum atomic E-state index is 14.3. The van der Waals surface area contributed by atoms with Gasteiger partial charge in [-0.25, -0.2) is 4.39 Å². The second-order valence-corrected chi connectivity index (χ2v) is 4.94. The van der Waals surface area contributed by atoms with Crippen LogP contribution in [0.4, 0.5) is 10.1 Å². The number of rotatable bonds is 7. The Bertz CT molecular complexity index is 557. The monoisotopic (exact) mass is 287 g/mol. The van der Waals surface area contributed by atoms with Crippen molar-refractivity contribution in [2.75, 3.05) is 18.0 Å². The molecule has 4 heteroatoms. The van der Waals surface area contributed by atoms with Gasteiger partial charge in [-0.2, -0.15) is 0 Å². The average molecular weight is 287 g/mol. The quantitative estimate of drug-likeness (QED) is 0.846. The highest BCUT2D eigenvalue weighted by Gasteiger charge is 2.11. The van der Waals surface area contributed by atoms with E-state index in [9.17, 15) is 4.39 Å². The Labute approximate surface area is 125 Å². The molecule has 0 aliphatic rings. The van der Waals surface area contributed by atoms with Crippen LogP contribution in [0.15, 0.2) is 42.7 Å². The number of hydrogen-bond acceptors (Lipinski definition) is 3. The molecule has 3 nitrogen and oxygen atoms in total. The van der Waals surface area contributed by atoms with Crippen molar-refractivity contribution < 1.29 is 4.39 Å². The summed E-state index contributed by atoms with van der Waals surface area (Å²) in [4.78, 5) is 6.04. The van der Waals surface area contributed by atoms with Gasteiger partial charge in [-0.05, 0) is 48.9 Å². The summed E-state index contributed by atoms with van der Waals surface area (Å²) < 4.78 is 14.3. The number of anilines is 1. The highest BCUT2D eigenvalue weighted by Crippen LogP contribution is 2.22. The minimum absolute atomic E-state index is 0.165. The molecular weight excluding hydrogens is 265 g/mol. The number of hydrogen-bond donors (Lipinski definition) is 1. The third-order valence-corrected chi connectivity index (χ3v) is 3.44. The number of pyridine rings is 1. The molecule has 0 radical (unpaired) electrons. The molecule has 112 valence electrons. The highest BCUT2D eigenvalue weighted by molar-refractivity contribution is 5.49. The minimum atomic E-state index is -0.165. The smallest absolute Gasteiger partial charge is 0.146 e. The maximum Gasteiger partial charge on any atom is 0.146 e. The Kier molecular flexibility index (Phi) is 5.69. The van der Waals surface area contributed by atoms with Crippen LogP contribution < -0.4 is 10.2 Å². The van der Waals surface area contributed by atoms with Gasteiger partial charge in [-0.3, -0.25) is 4.98 Å². The maximum absolute atomic E-state index is 14.3. The number of aromatic nitrogens is 1. The third kappa shape index (κ3) is 4.26. The van der Waals surface area contributed by atoms with Crippen molar-refractivity contribution in [3.05, 3.63) is 59.7 Å². The van der Waals surface area contributed by atoms with Crippen molar-refractivity contribution in [2.45, 2.75) is 26.9 Å². The first kappa shape index (κ1) is 15.4. The van der Waals surface area contributed by atoms with Gasteiger partial charge in [0.15, 0.2) is 0 Å². The molecule has 0 saturated carbocycles. The Morgan fingerprint density at radius 1 is 1.10 bits per heavy atom. The van der Waals surface area contributed by atoms with Crippen LogP contribution in [0.5, 0.6) is 0 Å². The third-order valence-electron chi connectivity index (χ3n) is 3.44. The van der Waals surface area contributed by atoms with Crippen LogP contribution in [0.2, 0.25) is 0 Å². The Hall–Kier alpha value is -1.94. The van der Waals surface area contributed by atoms with Gasteiger partial charge >= 0.3 is 0 Å². The highest BCUT2D eigenvalue weighted by atomic mass is 19.1. The van der Waals surface area contributed by atoms with Crippen LogP contribution >= 0.6 is 0 Å². The fraction of sp³-hybridized carbons (Fsp3) is 0.353. The standard InChI is InChI=1S/C17H22FN3/c1-3-19-12-15-5-6-17(16(18)11-15)21(4-2)13-14-7-9-20-10-8-14/h5-11,19H,3-4,12-13H2,1-2H3. The van der Waals surface area contributed by atoms with Gasteiger partial charge in [-0.15, -0.1) is 0 Å². The largest absolute Gasteiger partial charge is 0.365 e. The predicted molar refractivity (Wildman–Crippen MR) is 84.7 cm³/mol. The van der Waals surface area contributed by atoms with Gasteiger partial charge < -0.3 is 10.2 Å². The predicted octanol–water partition coefficient (Wildman–Crippen LogP) is 3.36. The molecule has 0 unspecified atom stereocenters. The lowest BCUT2D eigenvalue weighted by Gasteiger charge is -2.24. The van der Waals surface area contributed by atoms with Crippen LogP contribution in [-0.4, -0.2) is 18.1 Å². The van der Waals surface area contributed by atoms with E-state index in [1.807, 2.05) is 43.0 Å². The fourth-order valence-electron chi connectivity index (χ4n) is 2.26. The van der Waals surface area contributed by atoms with E-state index in [0.29, 0.717) is 18.8 Å². The minimum Gasteiger partial charge on any atom is -0.365 e. The summed E-state index contributed by atoms with van der Waals surface area (Å²) in [5, 5.41) is 3.21.